The molecule has 0 saturated heterocycles. The summed E-state index contributed by atoms with van der Waals surface area (Å²) in [7, 11) is 0. The fourth-order valence-electron chi connectivity index (χ4n) is 4.96. The van der Waals surface area contributed by atoms with Crippen molar-refractivity contribution in [1.29, 1.82) is 5.26 Å². The van der Waals surface area contributed by atoms with Crippen LogP contribution in [0.25, 0.3) is 0 Å². The quantitative estimate of drug-likeness (QED) is 0.323. The first-order valence-electron chi connectivity index (χ1n) is 11.4. The van der Waals surface area contributed by atoms with Crippen LogP contribution in [0.15, 0.2) is 36.2 Å². The van der Waals surface area contributed by atoms with Crippen LogP contribution in [-0.4, -0.2) is 12.7 Å². The molecule has 0 spiro atoms. The molecule has 2 aliphatic rings. The molecule has 0 amide bonds. The van der Waals surface area contributed by atoms with Crippen molar-refractivity contribution in [2.24, 2.45) is 11.8 Å². The topological polar surface area (TPSA) is 33.0 Å². The molecule has 0 unspecified atom stereocenters. The van der Waals surface area contributed by atoms with Gasteiger partial charge in [-0.2, -0.15) is 22.8 Å². The SMILES string of the molecule is N#CC(F)=CCC[C@H]1CC[C@H](OC[C@H]2CC[C@H](c3ccc(C(F)(F)F)cc3)CC2)CC1. The lowest BCUT2D eigenvalue weighted by atomic mass is 9.79. The summed E-state index contributed by atoms with van der Waals surface area (Å²) in [5.74, 6) is 0.767. The number of hydrogen-bond acceptors (Lipinski definition) is 2. The molecule has 170 valence electrons. The Kier molecular flexibility index (Phi) is 8.54. The highest BCUT2D eigenvalue weighted by Gasteiger charge is 2.31. The molecule has 0 heterocycles. The lowest BCUT2D eigenvalue weighted by molar-refractivity contribution is -0.137. The van der Waals surface area contributed by atoms with Gasteiger partial charge in [0, 0.05) is 6.61 Å². The fourth-order valence-corrected chi connectivity index (χ4v) is 4.96. The van der Waals surface area contributed by atoms with E-state index in [1.54, 1.807) is 12.1 Å². The molecule has 6 heteroatoms. The minimum Gasteiger partial charge on any atom is -0.378 e. The molecule has 0 N–H and O–H groups in total. The van der Waals surface area contributed by atoms with E-state index in [2.05, 4.69) is 0 Å². The van der Waals surface area contributed by atoms with Gasteiger partial charge in [0.2, 0.25) is 0 Å². The van der Waals surface area contributed by atoms with Crippen molar-refractivity contribution in [2.45, 2.75) is 82.4 Å². The molecule has 0 atom stereocenters. The molecule has 2 fully saturated rings. The summed E-state index contributed by atoms with van der Waals surface area (Å²) in [6, 6.07) is 7.16. The highest BCUT2D eigenvalue weighted by molar-refractivity contribution is 5.27. The number of halogens is 4. The van der Waals surface area contributed by atoms with E-state index in [-0.39, 0.29) is 0 Å². The third-order valence-corrected chi connectivity index (χ3v) is 6.92. The van der Waals surface area contributed by atoms with E-state index >= 15 is 0 Å². The second kappa shape index (κ2) is 11.1. The van der Waals surface area contributed by atoms with Crippen LogP contribution in [0.1, 0.15) is 81.3 Å². The average molecular weight is 438 g/mol. The molecule has 1 aromatic rings. The number of ether oxygens (including phenoxy) is 1. The Hall–Kier alpha value is -1.87. The van der Waals surface area contributed by atoms with Crippen molar-refractivity contribution >= 4 is 0 Å². The summed E-state index contributed by atoms with van der Waals surface area (Å²) in [6.07, 6.45) is 7.31. The Morgan fingerprint density at radius 1 is 0.968 bits per heavy atom. The predicted molar refractivity (Wildman–Crippen MR) is 112 cm³/mol. The van der Waals surface area contributed by atoms with Gasteiger partial charge in [-0.3, -0.25) is 0 Å². The maximum Gasteiger partial charge on any atom is 0.416 e. The van der Waals surface area contributed by atoms with Crippen LogP contribution in [-0.2, 0) is 10.9 Å². The van der Waals surface area contributed by atoms with E-state index in [4.69, 9.17) is 10.00 Å². The Morgan fingerprint density at radius 3 is 2.16 bits per heavy atom. The first-order valence-corrected chi connectivity index (χ1v) is 11.4. The van der Waals surface area contributed by atoms with Gasteiger partial charge in [0.15, 0.2) is 5.83 Å². The monoisotopic (exact) mass is 437 g/mol. The van der Waals surface area contributed by atoms with Gasteiger partial charge in [-0.15, -0.1) is 0 Å². The van der Waals surface area contributed by atoms with E-state index < -0.39 is 17.6 Å². The summed E-state index contributed by atoms with van der Waals surface area (Å²) in [6.45, 7) is 0.769. The van der Waals surface area contributed by atoms with Crippen LogP contribution < -0.4 is 0 Å². The highest BCUT2D eigenvalue weighted by atomic mass is 19.4. The molecule has 2 nitrogen and oxygen atoms in total. The summed E-state index contributed by atoms with van der Waals surface area (Å²) in [5.41, 5.74) is 0.425. The molecule has 0 aliphatic heterocycles. The van der Waals surface area contributed by atoms with Gasteiger partial charge in [-0.05, 0) is 106 Å². The molecular formula is C25H31F4NO. The normalized spacial score (nSPS) is 27.6. The van der Waals surface area contributed by atoms with Gasteiger partial charge in [0.05, 0.1) is 11.7 Å². The zero-order chi connectivity index (χ0) is 22.3. The third-order valence-electron chi connectivity index (χ3n) is 6.92. The maximum atomic E-state index is 12.8. The minimum atomic E-state index is -4.28. The van der Waals surface area contributed by atoms with Gasteiger partial charge in [-0.25, -0.2) is 0 Å². The van der Waals surface area contributed by atoms with Crippen LogP contribution in [0, 0.1) is 23.2 Å². The Morgan fingerprint density at radius 2 is 1.58 bits per heavy atom. The van der Waals surface area contributed by atoms with Crippen LogP contribution in [0.4, 0.5) is 17.6 Å². The molecule has 2 saturated carbocycles. The van der Waals surface area contributed by atoms with Crippen molar-refractivity contribution in [1.82, 2.24) is 0 Å². The number of nitriles is 1. The predicted octanol–water partition coefficient (Wildman–Crippen LogP) is 7.71. The first kappa shape index (κ1) is 23.8. The van der Waals surface area contributed by atoms with Crippen molar-refractivity contribution in [3.05, 3.63) is 47.3 Å². The summed E-state index contributed by atoms with van der Waals surface area (Å²) in [5, 5.41) is 8.43. The maximum absolute atomic E-state index is 12.8. The van der Waals surface area contributed by atoms with E-state index in [9.17, 15) is 17.6 Å². The second-order valence-electron chi connectivity index (χ2n) is 9.05. The summed E-state index contributed by atoms with van der Waals surface area (Å²) >= 11 is 0. The van der Waals surface area contributed by atoms with Gasteiger partial charge in [0.1, 0.15) is 6.07 Å². The van der Waals surface area contributed by atoms with E-state index in [0.717, 1.165) is 70.0 Å². The lowest BCUT2D eigenvalue weighted by Crippen LogP contribution is -2.25. The number of alkyl halides is 3. The van der Waals surface area contributed by atoms with Gasteiger partial charge in [-0.1, -0.05) is 12.1 Å². The lowest BCUT2D eigenvalue weighted by Gasteiger charge is -2.32. The summed E-state index contributed by atoms with van der Waals surface area (Å²) in [4.78, 5) is 0. The van der Waals surface area contributed by atoms with Crippen LogP contribution >= 0.6 is 0 Å². The summed E-state index contributed by atoms with van der Waals surface area (Å²) < 4.78 is 57.2. The number of hydrogen-bond donors (Lipinski definition) is 0. The molecule has 31 heavy (non-hydrogen) atoms. The Balaban J connectivity index is 1.33. The first-order chi connectivity index (χ1) is 14.8. The number of rotatable bonds is 7. The smallest absolute Gasteiger partial charge is 0.378 e. The van der Waals surface area contributed by atoms with Gasteiger partial charge < -0.3 is 4.74 Å². The van der Waals surface area contributed by atoms with Gasteiger partial charge >= 0.3 is 6.18 Å². The number of allylic oxidation sites excluding steroid dienone is 2. The molecule has 3 rings (SSSR count). The third kappa shape index (κ3) is 7.35. The van der Waals surface area contributed by atoms with Crippen molar-refractivity contribution in [2.75, 3.05) is 6.61 Å². The Labute approximate surface area is 182 Å². The van der Waals surface area contributed by atoms with Crippen molar-refractivity contribution < 1.29 is 22.3 Å². The molecule has 2 aliphatic carbocycles. The molecule has 1 aromatic carbocycles. The highest BCUT2D eigenvalue weighted by Crippen LogP contribution is 2.38. The average Bonchev–Trinajstić information content (AvgIpc) is 2.78. The van der Waals surface area contributed by atoms with E-state index in [1.807, 2.05) is 0 Å². The molecular weight excluding hydrogens is 406 g/mol. The number of benzene rings is 1. The molecule has 0 radical (unpaired) electrons. The van der Waals surface area contributed by atoms with Crippen molar-refractivity contribution in [3.8, 4) is 6.07 Å². The van der Waals surface area contributed by atoms with Crippen molar-refractivity contribution in [3.63, 3.8) is 0 Å². The largest absolute Gasteiger partial charge is 0.416 e. The molecule has 0 bridgehead atoms. The number of nitrogens with zero attached hydrogens (tertiary/aromatic N) is 1. The zero-order valence-electron chi connectivity index (χ0n) is 17.8. The zero-order valence-corrected chi connectivity index (χ0v) is 17.8. The van der Waals surface area contributed by atoms with Gasteiger partial charge in [0.25, 0.3) is 0 Å². The standard InChI is InChI=1S/C25H31F4NO/c26-23(16-30)3-1-2-18-6-14-24(15-7-18)31-17-19-4-8-20(9-5-19)21-10-12-22(13-11-21)25(27,28)29/h3,10-13,18-20,24H,1-2,4-9,14-15,17H2/t18-,19-,20-,24-. The van der Waals surface area contributed by atoms with E-state index in [0.29, 0.717) is 30.3 Å². The molecule has 0 aromatic heterocycles. The van der Waals surface area contributed by atoms with Crippen LogP contribution in [0.5, 0.6) is 0 Å². The Bertz CT molecular complexity index is 749. The van der Waals surface area contributed by atoms with Crippen LogP contribution in [0.3, 0.4) is 0 Å². The second-order valence-corrected chi connectivity index (χ2v) is 9.05. The van der Waals surface area contributed by atoms with E-state index in [1.165, 1.54) is 24.3 Å². The minimum absolute atomic E-state index is 0.301. The van der Waals surface area contributed by atoms with Crippen LogP contribution in [0.2, 0.25) is 0 Å². The fraction of sp³-hybridized carbons (Fsp3) is 0.640.